The van der Waals surface area contributed by atoms with Crippen molar-refractivity contribution in [1.29, 1.82) is 0 Å². The van der Waals surface area contributed by atoms with E-state index in [0.717, 1.165) is 18.5 Å². The zero-order valence-corrected chi connectivity index (χ0v) is 13.8. The normalized spacial score (nSPS) is 13.0. The Kier molecular flexibility index (Phi) is 4.06. The SMILES string of the molecule is O=C(CCc1nc2ccccc2c(=O)[nH]1)Nc1ccc2c(c1)CCC2. The van der Waals surface area contributed by atoms with Gasteiger partial charge in [-0.25, -0.2) is 4.98 Å². The molecule has 2 N–H and O–H groups in total. The smallest absolute Gasteiger partial charge is 0.258 e. The van der Waals surface area contributed by atoms with Crippen LogP contribution >= 0.6 is 0 Å². The Morgan fingerprint density at radius 2 is 1.96 bits per heavy atom. The van der Waals surface area contributed by atoms with Gasteiger partial charge in [-0.2, -0.15) is 0 Å². The van der Waals surface area contributed by atoms with E-state index < -0.39 is 0 Å². The summed E-state index contributed by atoms with van der Waals surface area (Å²) in [5, 5.41) is 3.50. The molecule has 25 heavy (non-hydrogen) atoms. The predicted octanol–water partition coefficient (Wildman–Crippen LogP) is 2.98. The van der Waals surface area contributed by atoms with Crippen LogP contribution < -0.4 is 10.9 Å². The Morgan fingerprint density at radius 3 is 2.88 bits per heavy atom. The van der Waals surface area contributed by atoms with Crippen LogP contribution in [0.5, 0.6) is 0 Å². The van der Waals surface area contributed by atoms with Gasteiger partial charge in [-0.15, -0.1) is 0 Å². The van der Waals surface area contributed by atoms with Crippen molar-refractivity contribution in [2.45, 2.75) is 32.1 Å². The van der Waals surface area contributed by atoms with Crippen molar-refractivity contribution in [1.82, 2.24) is 9.97 Å². The number of nitrogens with one attached hydrogen (secondary N) is 2. The number of hydrogen-bond acceptors (Lipinski definition) is 3. The number of anilines is 1. The van der Waals surface area contributed by atoms with Crippen LogP contribution in [0.25, 0.3) is 10.9 Å². The van der Waals surface area contributed by atoms with Crippen LogP contribution in [0.2, 0.25) is 0 Å². The molecule has 1 amide bonds. The largest absolute Gasteiger partial charge is 0.326 e. The Labute approximate surface area is 145 Å². The molecule has 0 radical (unpaired) electrons. The number of nitrogens with zero attached hydrogens (tertiary/aromatic N) is 1. The molecular formula is C20H19N3O2. The van der Waals surface area contributed by atoms with E-state index in [1.54, 1.807) is 12.1 Å². The molecule has 1 aliphatic carbocycles. The summed E-state index contributed by atoms with van der Waals surface area (Å²) in [6.45, 7) is 0. The average Bonchev–Trinajstić information content (AvgIpc) is 3.08. The highest BCUT2D eigenvalue weighted by Gasteiger charge is 2.12. The second-order valence-corrected chi connectivity index (χ2v) is 6.41. The van der Waals surface area contributed by atoms with Gasteiger partial charge in [0.15, 0.2) is 0 Å². The first-order valence-electron chi connectivity index (χ1n) is 8.59. The number of aromatic nitrogens is 2. The first kappa shape index (κ1) is 15.6. The van der Waals surface area contributed by atoms with E-state index in [9.17, 15) is 9.59 Å². The van der Waals surface area contributed by atoms with Crippen molar-refractivity contribution < 1.29 is 4.79 Å². The Bertz CT molecular complexity index is 1010. The molecule has 0 unspecified atom stereocenters. The molecule has 3 aromatic rings. The van der Waals surface area contributed by atoms with Gasteiger partial charge >= 0.3 is 0 Å². The Hall–Kier alpha value is -2.95. The molecular weight excluding hydrogens is 314 g/mol. The number of amides is 1. The molecule has 0 saturated heterocycles. The van der Waals surface area contributed by atoms with Crippen molar-refractivity contribution in [2.24, 2.45) is 0 Å². The number of H-pyrrole nitrogens is 1. The minimum absolute atomic E-state index is 0.0752. The van der Waals surface area contributed by atoms with Gasteiger partial charge in [0.05, 0.1) is 10.9 Å². The first-order chi connectivity index (χ1) is 12.2. The molecule has 0 fully saturated rings. The number of rotatable bonds is 4. The fourth-order valence-electron chi connectivity index (χ4n) is 3.36. The molecule has 0 aliphatic heterocycles. The monoisotopic (exact) mass is 333 g/mol. The molecule has 0 bridgehead atoms. The van der Waals surface area contributed by atoms with E-state index in [4.69, 9.17) is 0 Å². The van der Waals surface area contributed by atoms with Crippen molar-refractivity contribution in [2.75, 3.05) is 5.32 Å². The highest BCUT2D eigenvalue weighted by molar-refractivity contribution is 5.91. The van der Waals surface area contributed by atoms with Crippen LogP contribution in [0.4, 0.5) is 5.69 Å². The number of carbonyl (C=O) groups is 1. The van der Waals surface area contributed by atoms with E-state index >= 15 is 0 Å². The second kappa shape index (κ2) is 6.51. The van der Waals surface area contributed by atoms with Gasteiger partial charge in [0, 0.05) is 18.5 Å². The van der Waals surface area contributed by atoms with Crippen LogP contribution in [-0.2, 0) is 24.1 Å². The van der Waals surface area contributed by atoms with Gasteiger partial charge in [0.2, 0.25) is 5.91 Å². The predicted molar refractivity (Wildman–Crippen MR) is 97.8 cm³/mol. The third kappa shape index (κ3) is 3.31. The average molecular weight is 333 g/mol. The topological polar surface area (TPSA) is 74.8 Å². The standard InChI is InChI=1S/C20H19N3O2/c24-19(21-15-9-8-13-4-3-5-14(13)12-15)11-10-18-22-17-7-2-1-6-16(17)20(25)23-18/h1-2,6-9,12H,3-5,10-11H2,(H,21,24)(H,22,23,25). The number of fused-ring (bicyclic) bond motifs is 2. The molecule has 1 aliphatic rings. The maximum atomic E-state index is 12.2. The van der Waals surface area contributed by atoms with Gasteiger partial charge in [-0.05, 0) is 54.7 Å². The zero-order chi connectivity index (χ0) is 17.2. The molecule has 1 aromatic heterocycles. The lowest BCUT2D eigenvalue weighted by Gasteiger charge is -2.08. The van der Waals surface area contributed by atoms with Gasteiger partial charge in [-0.3, -0.25) is 9.59 Å². The molecule has 5 nitrogen and oxygen atoms in total. The summed E-state index contributed by atoms with van der Waals surface area (Å²) in [6, 6.07) is 13.3. The van der Waals surface area contributed by atoms with Gasteiger partial charge in [0.1, 0.15) is 5.82 Å². The second-order valence-electron chi connectivity index (χ2n) is 6.41. The number of aryl methyl sites for hydroxylation is 3. The summed E-state index contributed by atoms with van der Waals surface area (Å²) in [7, 11) is 0. The summed E-state index contributed by atoms with van der Waals surface area (Å²) < 4.78 is 0. The number of hydrogen-bond donors (Lipinski definition) is 2. The molecule has 0 spiro atoms. The van der Waals surface area contributed by atoms with Crippen LogP contribution in [0.15, 0.2) is 47.3 Å². The number of benzene rings is 2. The number of carbonyl (C=O) groups excluding carboxylic acids is 1. The van der Waals surface area contributed by atoms with Crippen LogP contribution in [0.3, 0.4) is 0 Å². The summed E-state index contributed by atoms with van der Waals surface area (Å²) in [6.07, 6.45) is 4.08. The lowest BCUT2D eigenvalue weighted by molar-refractivity contribution is -0.116. The third-order valence-electron chi connectivity index (χ3n) is 4.63. The van der Waals surface area contributed by atoms with Gasteiger partial charge in [-0.1, -0.05) is 18.2 Å². The van der Waals surface area contributed by atoms with Crippen LogP contribution in [-0.4, -0.2) is 15.9 Å². The number of aromatic amines is 1. The molecule has 1 heterocycles. The van der Waals surface area contributed by atoms with E-state index in [0.29, 0.717) is 23.1 Å². The highest BCUT2D eigenvalue weighted by atomic mass is 16.1. The van der Waals surface area contributed by atoms with Crippen molar-refractivity contribution >= 4 is 22.5 Å². The molecule has 0 atom stereocenters. The van der Waals surface area contributed by atoms with E-state index in [-0.39, 0.29) is 17.9 Å². The van der Waals surface area contributed by atoms with Crippen LogP contribution in [0.1, 0.15) is 29.8 Å². The number of para-hydroxylation sites is 1. The lowest BCUT2D eigenvalue weighted by atomic mass is 10.1. The highest BCUT2D eigenvalue weighted by Crippen LogP contribution is 2.24. The lowest BCUT2D eigenvalue weighted by Crippen LogP contribution is -2.16. The maximum Gasteiger partial charge on any atom is 0.258 e. The van der Waals surface area contributed by atoms with Crippen molar-refractivity contribution in [3.05, 3.63) is 69.8 Å². The Balaban J connectivity index is 1.43. The van der Waals surface area contributed by atoms with E-state index in [2.05, 4.69) is 27.4 Å². The molecule has 2 aromatic carbocycles. The van der Waals surface area contributed by atoms with Gasteiger partial charge < -0.3 is 10.3 Å². The minimum atomic E-state index is -0.167. The first-order valence-corrected chi connectivity index (χ1v) is 8.59. The van der Waals surface area contributed by atoms with Crippen molar-refractivity contribution in [3.8, 4) is 0 Å². The van der Waals surface area contributed by atoms with Gasteiger partial charge in [0.25, 0.3) is 5.56 Å². The third-order valence-corrected chi connectivity index (χ3v) is 4.63. The fourth-order valence-corrected chi connectivity index (χ4v) is 3.36. The quantitative estimate of drug-likeness (QED) is 0.771. The zero-order valence-electron chi connectivity index (χ0n) is 13.8. The van der Waals surface area contributed by atoms with E-state index in [1.165, 1.54) is 17.5 Å². The van der Waals surface area contributed by atoms with Crippen molar-refractivity contribution in [3.63, 3.8) is 0 Å². The minimum Gasteiger partial charge on any atom is -0.326 e. The maximum absolute atomic E-state index is 12.2. The molecule has 4 rings (SSSR count). The summed E-state index contributed by atoms with van der Waals surface area (Å²) in [4.78, 5) is 31.4. The summed E-state index contributed by atoms with van der Waals surface area (Å²) >= 11 is 0. The van der Waals surface area contributed by atoms with Crippen LogP contribution in [0, 0.1) is 0 Å². The van der Waals surface area contributed by atoms with E-state index in [1.807, 2.05) is 18.2 Å². The summed E-state index contributed by atoms with van der Waals surface area (Å²) in [5.74, 6) is 0.460. The summed E-state index contributed by atoms with van der Waals surface area (Å²) in [5.41, 5.74) is 4.04. The molecule has 5 heteroatoms. The molecule has 0 saturated carbocycles. The fraction of sp³-hybridized carbons (Fsp3) is 0.250. The Morgan fingerprint density at radius 1 is 1.12 bits per heavy atom. The molecule has 126 valence electrons.